The predicted octanol–water partition coefficient (Wildman–Crippen LogP) is 0.550. The van der Waals surface area contributed by atoms with Gasteiger partial charge in [-0.3, -0.25) is 4.79 Å². The van der Waals surface area contributed by atoms with Crippen molar-refractivity contribution in [3.63, 3.8) is 0 Å². The van der Waals surface area contributed by atoms with Crippen molar-refractivity contribution in [3.8, 4) is 0 Å². The number of hydrogen-bond donors (Lipinski definition) is 3. The highest BCUT2D eigenvalue weighted by atomic mass is 16.3. The lowest BCUT2D eigenvalue weighted by Crippen LogP contribution is -2.51. The highest BCUT2D eigenvalue weighted by molar-refractivity contribution is 5.76. The molecule has 0 spiro atoms. The van der Waals surface area contributed by atoms with Crippen LogP contribution in [0.5, 0.6) is 0 Å². The Hall–Kier alpha value is -0.610. The van der Waals surface area contributed by atoms with E-state index in [4.69, 9.17) is 0 Å². The largest absolute Gasteiger partial charge is 0.394 e. The Balaban J connectivity index is 1.93. The second kappa shape index (κ2) is 5.15. The van der Waals surface area contributed by atoms with Gasteiger partial charge in [-0.05, 0) is 25.7 Å². The minimum Gasteiger partial charge on any atom is -0.394 e. The smallest absolute Gasteiger partial charge is 0.221 e. The molecule has 2 rings (SSSR count). The summed E-state index contributed by atoms with van der Waals surface area (Å²) < 4.78 is 0. The van der Waals surface area contributed by atoms with Gasteiger partial charge in [0.25, 0.3) is 0 Å². The molecule has 2 aliphatic rings. The van der Waals surface area contributed by atoms with Crippen LogP contribution in [0.2, 0.25) is 0 Å². The molecule has 16 heavy (non-hydrogen) atoms. The monoisotopic (exact) mass is 226 g/mol. The van der Waals surface area contributed by atoms with Gasteiger partial charge < -0.3 is 15.7 Å². The second-order valence-electron chi connectivity index (χ2n) is 5.18. The number of carbonyl (C=O) groups excluding carboxylic acids is 1. The Bertz CT molecular complexity index is 249. The average Bonchev–Trinajstić information content (AvgIpc) is 2.64. The molecule has 4 heteroatoms. The summed E-state index contributed by atoms with van der Waals surface area (Å²) in [5.41, 5.74) is -0.102. The predicted molar refractivity (Wildman–Crippen MR) is 62.1 cm³/mol. The van der Waals surface area contributed by atoms with E-state index in [1.807, 2.05) is 0 Å². The minimum absolute atomic E-state index is 0.102. The Morgan fingerprint density at radius 2 is 2.12 bits per heavy atom. The Kier molecular flexibility index (Phi) is 3.82. The van der Waals surface area contributed by atoms with Crippen LogP contribution >= 0.6 is 0 Å². The fraction of sp³-hybridized carbons (Fsp3) is 0.917. The summed E-state index contributed by atoms with van der Waals surface area (Å²) in [5.74, 6) is 0.140. The maximum Gasteiger partial charge on any atom is 0.221 e. The molecule has 1 aliphatic heterocycles. The van der Waals surface area contributed by atoms with Crippen molar-refractivity contribution in [2.75, 3.05) is 13.2 Å². The quantitative estimate of drug-likeness (QED) is 0.658. The Morgan fingerprint density at radius 1 is 1.38 bits per heavy atom. The highest BCUT2D eigenvalue weighted by Gasteiger charge is 2.35. The summed E-state index contributed by atoms with van der Waals surface area (Å²) in [6.45, 7) is 0.994. The molecule has 1 unspecified atom stereocenters. The lowest BCUT2D eigenvalue weighted by atomic mass is 9.95. The van der Waals surface area contributed by atoms with Crippen LogP contribution in [0.4, 0.5) is 0 Å². The third kappa shape index (κ3) is 2.74. The average molecular weight is 226 g/mol. The zero-order valence-corrected chi connectivity index (χ0v) is 9.80. The van der Waals surface area contributed by atoms with Crippen LogP contribution in [0.25, 0.3) is 0 Å². The van der Waals surface area contributed by atoms with Gasteiger partial charge in [-0.2, -0.15) is 0 Å². The highest BCUT2D eigenvalue weighted by Crippen LogP contribution is 2.30. The fourth-order valence-electron chi connectivity index (χ4n) is 2.93. The van der Waals surface area contributed by atoms with Crippen molar-refractivity contribution in [2.45, 2.75) is 56.5 Å². The molecule has 92 valence electrons. The van der Waals surface area contributed by atoms with E-state index >= 15 is 0 Å². The third-order valence-corrected chi connectivity index (χ3v) is 3.86. The lowest BCUT2D eigenvalue weighted by Gasteiger charge is -2.32. The van der Waals surface area contributed by atoms with Crippen LogP contribution in [-0.2, 0) is 4.79 Å². The van der Waals surface area contributed by atoms with Crippen molar-refractivity contribution < 1.29 is 9.90 Å². The number of aliphatic hydroxyl groups excluding tert-OH is 1. The van der Waals surface area contributed by atoms with E-state index in [0.717, 1.165) is 32.2 Å². The van der Waals surface area contributed by atoms with E-state index in [2.05, 4.69) is 10.6 Å². The summed E-state index contributed by atoms with van der Waals surface area (Å²) in [5, 5.41) is 15.9. The Labute approximate surface area is 96.8 Å². The number of aliphatic hydroxyl groups is 1. The van der Waals surface area contributed by atoms with Crippen LogP contribution in [0.1, 0.15) is 44.9 Å². The van der Waals surface area contributed by atoms with Gasteiger partial charge in [-0.15, -0.1) is 0 Å². The molecule has 0 aromatic rings. The van der Waals surface area contributed by atoms with E-state index < -0.39 is 0 Å². The summed E-state index contributed by atoms with van der Waals surface area (Å²) in [6, 6.07) is 0.243. The van der Waals surface area contributed by atoms with Gasteiger partial charge in [0.15, 0.2) is 0 Å². The third-order valence-electron chi connectivity index (χ3n) is 3.86. The zero-order valence-electron chi connectivity index (χ0n) is 9.80. The lowest BCUT2D eigenvalue weighted by molar-refractivity contribution is -0.121. The van der Waals surface area contributed by atoms with Crippen molar-refractivity contribution in [1.82, 2.24) is 10.6 Å². The van der Waals surface area contributed by atoms with Gasteiger partial charge in [-0.25, -0.2) is 0 Å². The van der Waals surface area contributed by atoms with E-state index in [9.17, 15) is 9.90 Å². The van der Waals surface area contributed by atoms with E-state index in [-0.39, 0.29) is 24.1 Å². The van der Waals surface area contributed by atoms with Gasteiger partial charge in [0, 0.05) is 24.5 Å². The molecule has 0 bridgehead atoms. The normalized spacial score (nSPS) is 29.8. The molecule has 0 radical (unpaired) electrons. The molecule has 1 saturated carbocycles. The van der Waals surface area contributed by atoms with Crippen molar-refractivity contribution in [3.05, 3.63) is 0 Å². The topological polar surface area (TPSA) is 61.4 Å². The van der Waals surface area contributed by atoms with Gasteiger partial charge >= 0.3 is 0 Å². The maximum absolute atomic E-state index is 11.4. The number of rotatable bonds is 3. The summed E-state index contributed by atoms with van der Waals surface area (Å²) in [4.78, 5) is 11.4. The van der Waals surface area contributed by atoms with Gasteiger partial charge in [0.05, 0.1) is 6.61 Å². The summed E-state index contributed by atoms with van der Waals surface area (Å²) in [7, 11) is 0. The first-order valence-electron chi connectivity index (χ1n) is 6.39. The maximum atomic E-state index is 11.4. The summed E-state index contributed by atoms with van der Waals surface area (Å²) in [6.07, 6.45) is 7.08. The number of nitrogens with one attached hydrogen (secondary N) is 2. The van der Waals surface area contributed by atoms with Crippen LogP contribution in [0.3, 0.4) is 0 Å². The molecule has 0 aromatic carbocycles. The number of amides is 1. The minimum atomic E-state index is -0.102. The molecular formula is C12H22N2O2. The van der Waals surface area contributed by atoms with Crippen molar-refractivity contribution in [1.29, 1.82) is 0 Å². The van der Waals surface area contributed by atoms with Crippen LogP contribution < -0.4 is 10.6 Å². The Morgan fingerprint density at radius 3 is 2.81 bits per heavy atom. The number of hydrogen-bond acceptors (Lipinski definition) is 3. The van der Waals surface area contributed by atoms with Gasteiger partial charge in [0.1, 0.15) is 0 Å². The first-order valence-corrected chi connectivity index (χ1v) is 6.39. The molecular weight excluding hydrogens is 204 g/mol. The van der Waals surface area contributed by atoms with Crippen molar-refractivity contribution in [2.24, 2.45) is 0 Å². The number of carbonyl (C=O) groups is 1. The van der Waals surface area contributed by atoms with Crippen molar-refractivity contribution >= 4 is 5.91 Å². The van der Waals surface area contributed by atoms with Crippen LogP contribution in [0.15, 0.2) is 0 Å². The fourth-order valence-corrected chi connectivity index (χ4v) is 2.93. The molecule has 3 N–H and O–H groups in total. The molecule has 1 atom stereocenters. The van der Waals surface area contributed by atoms with E-state index in [0.29, 0.717) is 6.42 Å². The molecule has 1 amide bonds. The SMILES string of the molecule is O=C1CC(NC2(CO)CCCC2)CCCN1. The standard InChI is InChI=1S/C12H22N2O2/c15-9-12(5-1-2-6-12)14-10-4-3-7-13-11(16)8-10/h10,14-15H,1-9H2,(H,13,16). The molecule has 1 aliphatic carbocycles. The van der Waals surface area contributed by atoms with Crippen LogP contribution in [0, 0.1) is 0 Å². The van der Waals surface area contributed by atoms with Gasteiger partial charge in [0.2, 0.25) is 5.91 Å². The molecule has 0 aromatic heterocycles. The molecule has 2 fully saturated rings. The van der Waals surface area contributed by atoms with Gasteiger partial charge in [-0.1, -0.05) is 12.8 Å². The zero-order chi connectivity index (χ0) is 11.4. The first-order chi connectivity index (χ1) is 7.74. The first kappa shape index (κ1) is 11.9. The molecule has 1 heterocycles. The van der Waals surface area contributed by atoms with E-state index in [1.54, 1.807) is 0 Å². The van der Waals surface area contributed by atoms with Crippen LogP contribution in [-0.4, -0.2) is 35.7 Å². The molecule has 1 saturated heterocycles. The molecule has 4 nitrogen and oxygen atoms in total. The summed E-state index contributed by atoms with van der Waals surface area (Å²) >= 11 is 0. The second-order valence-corrected chi connectivity index (χ2v) is 5.18. The van der Waals surface area contributed by atoms with E-state index in [1.165, 1.54) is 12.8 Å².